The zero-order chi connectivity index (χ0) is 18.4. The normalized spacial score (nSPS) is 12.5. The first-order valence-corrected chi connectivity index (χ1v) is 8.51. The zero-order valence-electron chi connectivity index (χ0n) is 13.8. The van der Waals surface area contributed by atoms with E-state index in [1.165, 1.54) is 17.8 Å². The highest BCUT2D eigenvalue weighted by Crippen LogP contribution is 2.30. The molecule has 25 heavy (non-hydrogen) atoms. The molecule has 1 N–H and O–H groups in total. The molecule has 0 aliphatic carbocycles. The Bertz CT molecular complexity index is 717. The molecule has 0 spiro atoms. The third-order valence-corrected chi connectivity index (χ3v) is 4.53. The van der Waals surface area contributed by atoms with Gasteiger partial charge in [0.2, 0.25) is 5.91 Å². The highest BCUT2D eigenvalue weighted by atomic mass is 32.2. The van der Waals surface area contributed by atoms with Crippen LogP contribution in [0.3, 0.4) is 0 Å². The molecule has 2 rings (SSSR count). The molecule has 0 saturated heterocycles. The molecule has 1 amide bonds. The number of carbonyl (C=O) groups excluding carboxylic acids is 1. The highest BCUT2D eigenvalue weighted by molar-refractivity contribution is 8.00. The Morgan fingerprint density at radius 2 is 1.88 bits per heavy atom. The molecule has 0 heterocycles. The number of benzene rings is 2. The minimum absolute atomic E-state index is 0.176. The predicted octanol–water partition coefficient (Wildman–Crippen LogP) is 4.68. The van der Waals surface area contributed by atoms with E-state index in [-0.39, 0.29) is 11.7 Å². The van der Waals surface area contributed by atoms with E-state index in [4.69, 9.17) is 4.74 Å². The van der Waals surface area contributed by atoms with E-state index in [0.717, 1.165) is 22.8 Å². The number of rotatable bonds is 6. The Hall–Kier alpha value is -2.15. The summed E-state index contributed by atoms with van der Waals surface area (Å²) in [6.45, 7) is 1.66. The molecular formula is C18H18F3NO2S. The van der Waals surface area contributed by atoms with Crippen LogP contribution in [0.5, 0.6) is 5.75 Å². The van der Waals surface area contributed by atoms with Gasteiger partial charge in [-0.2, -0.15) is 13.2 Å². The van der Waals surface area contributed by atoms with Crippen LogP contribution in [0.25, 0.3) is 0 Å². The van der Waals surface area contributed by atoms with E-state index < -0.39 is 17.8 Å². The second kappa shape index (κ2) is 8.29. The summed E-state index contributed by atoms with van der Waals surface area (Å²) in [7, 11) is 1.57. The number of hydrogen-bond acceptors (Lipinski definition) is 3. The number of amides is 1. The molecule has 0 saturated carbocycles. The maximum atomic E-state index is 12.8. The zero-order valence-corrected chi connectivity index (χ0v) is 14.6. The lowest BCUT2D eigenvalue weighted by atomic mass is 10.0. The van der Waals surface area contributed by atoms with Gasteiger partial charge in [-0.1, -0.05) is 12.1 Å². The molecule has 0 radical (unpaired) electrons. The summed E-state index contributed by atoms with van der Waals surface area (Å²) in [5.41, 5.74) is -0.309. The largest absolute Gasteiger partial charge is 0.497 e. The van der Waals surface area contributed by atoms with Gasteiger partial charge < -0.3 is 10.1 Å². The van der Waals surface area contributed by atoms with E-state index in [0.29, 0.717) is 5.56 Å². The summed E-state index contributed by atoms with van der Waals surface area (Å²) in [5, 5.41) is 2.72. The first-order valence-electron chi connectivity index (χ1n) is 7.53. The van der Waals surface area contributed by atoms with Crippen LogP contribution >= 0.6 is 11.8 Å². The van der Waals surface area contributed by atoms with Crippen LogP contribution < -0.4 is 10.1 Å². The average molecular weight is 369 g/mol. The van der Waals surface area contributed by atoms with E-state index >= 15 is 0 Å². The molecule has 7 heteroatoms. The van der Waals surface area contributed by atoms with Crippen LogP contribution in [0.2, 0.25) is 0 Å². The Morgan fingerprint density at radius 1 is 1.20 bits per heavy atom. The summed E-state index contributed by atoms with van der Waals surface area (Å²) in [4.78, 5) is 12.9. The van der Waals surface area contributed by atoms with Crippen LogP contribution in [0.1, 0.15) is 24.1 Å². The number of ether oxygens (including phenoxy) is 1. The molecular weight excluding hydrogens is 351 g/mol. The molecule has 0 unspecified atom stereocenters. The topological polar surface area (TPSA) is 38.3 Å². The quantitative estimate of drug-likeness (QED) is 0.751. The molecule has 2 aromatic carbocycles. The fourth-order valence-corrected chi connectivity index (χ4v) is 2.88. The maximum Gasteiger partial charge on any atom is 0.416 e. The van der Waals surface area contributed by atoms with Crippen molar-refractivity contribution in [2.24, 2.45) is 0 Å². The summed E-state index contributed by atoms with van der Waals surface area (Å²) >= 11 is 1.34. The van der Waals surface area contributed by atoms with Crippen LogP contribution in [0, 0.1) is 0 Å². The Labute approximate surface area is 148 Å². The van der Waals surface area contributed by atoms with E-state index in [9.17, 15) is 18.0 Å². The summed E-state index contributed by atoms with van der Waals surface area (Å²) in [6, 6.07) is 11.7. The summed E-state index contributed by atoms with van der Waals surface area (Å²) < 4.78 is 43.3. The predicted molar refractivity (Wildman–Crippen MR) is 91.7 cm³/mol. The summed E-state index contributed by atoms with van der Waals surface area (Å²) in [6.07, 6.45) is -4.40. The van der Waals surface area contributed by atoms with E-state index in [2.05, 4.69) is 5.32 Å². The van der Waals surface area contributed by atoms with Crippen molar-refractivity contribution in [1.82, 2.24) is 5.32 Å². The van der Waals surface area contributed by atoms with Gasteiger partial charge in [0.15, 0.2) is 0 Å². The molecule has 0 aliphatic heterocycles. The number of thioether (sulfide) groups is 1. The highest BCUT2D eigenvalue weighted by Gasteiger charge is 2.30. The second-order valence-electron chi connectivity index (χ2n) is 5.38. The number of halogens is 3. The lowest BCUT2D eigenvalue weighted by Crippen LogP contribution is -2.28. The van der Waals surface area contributed by atoms with Crippen LogP contribution in [0.4, 0.5) is 13.2 Å². The van der Waals surface area contributed by atoms with Crippen LogP contribution in [-0.4, -0.2) is 18.8 Å². The molecule has 0 aliphatic rings. The smallest absolute Gasteiger partial charge is 0.416 e. The number of hydrogen-bond donors (Lipinski definition) is 1. The van der Waals surface area contributed by atoms with Crippen molar-refractivity contribution in [2.75, 3.05) is 12.9 Å². The lowest BCUT2D eigenvalue weighted by Gasteiger charge is -2.16. The Balaban J connectivity index is 1.91. The third-order valence-electron chi connectivity index (χ3n) is 3.52. The number of methoxy groups -OCH3 is 1. The molecule has 0 fully saturated rings. The fourth-order valence-electron chi connectivity index (χ4n) is 2.17. The van der Waals surface area contributed by atoms with Crippen molar-refractivity contribution in [3.63, 3.8) is 0 Å². The number of nitrogens with one attached hydrogen (secondary N) is 1. The monoisotopic (exact) mass is 369 g/mol. The van der Waals surface area contributed by atoms with Crippen molar-refractivity contribution < 1.29 is 22.7 Å². The van der Waals surface area contributed by atoms with Crippen LogP contribution in [-0.2, 0) is 11.0 Å². The minimum Gasteiger partial charge on any atom is -0.497 e. The first-order chi connectivity index (χ1) is 11.8. The van der Waals surface area contributed by atoms with Crippen molar-refractivity contribution in [2.45, 2.75) is 24.0 Å². The number of carbonyl (C=O) groups is 1. The lowest BCUT2D eigenvalue weighted by molar-refractivity contribution is -0.137. The van der Waals surface area contributed by atoms with Gasteiger partial charge in [-0.15, -0.1) is 11.8 Å². The maximum absolute atomic E-state index is 12.8. The summed E-state index contributed by atoms with van der Waals surface area (Å²) in [5.74, 6) is 0.660. The fraction of sp³-hybridized carbons (Fsp3) is 0.278. The standard InChI is InChI=1S/C18H18F3NO2S/c1-12(13-4-3-5-14(10-13)18(19,20)21)22-17(23)11-25-16-8-6-15(24-2)7-9-16/h3-10,12H,11H2,1-2H3,(H,22,23)/t12-/m0/s1. The van der Waals surface area contributed by atoms with Gasteiger partial charge in [0.1, 0.15) is 5.75 Å². The second-order valence-corrected chi connectivity index (χ2v) is 6.43. The van der Waals surface area contributed by atoms with Crippen molar-refractivity contribution >= 4 is 17.7 Å². The minimum atomic E-state index is -4.40. The van der Waals surface area contributed by atoms with Crippen LogP contribution in [0.15, 0.2) is 53.4 Å². The van der Waals surface area contributed by atoms with Crippen molar-refractivity contribution in [3.8, 4) is 5.75 Å². The molecule has 2 aromatic rings. The Morgan fingerprint density at radius 3 is 2.48 bits per heavy atom. The van der Waals surface area contributed by atoms with Gasteiger partial charge in [0, 0.05) is 4.90 Å². The van der Waals surface area contributed by atoms with E-state index in [1.54, 1.807) is 32.2 Å². The van der Waals surface area contributed by atoms with Gasteiger partial charge in [0.05, 0.1) is 24.5 Å². The average Bonchev–Trinajstić information content (AvgIpc) is 2.59. The molecule has 3 nitrogen and oxygen atoms in total. The SMILES string of the molecule is COc1ccc(SCC(=O)N[C@@H](C)c2cccc(C(F)(F)F)c2)cc1. The number of alkyl halides is 3. The molecule has 134 valence electrons. The Kier molecular flexibility index (Phi) is 6.36. The van der Waals surface area contributed by atoms with Gasteiger partial charge in [-0.05, 0) is 48.9 Å². The van der Waals surface area contributed by atoms with Gasteiger partial charge in [-0.25, -0.2) is 0 Å². The van der Waals surface area contributed by atoms with Gasteiger partial charge in [-0.3, -0.25) is 4.79 Å². The third kappa shape index (κ3) is 5.70. The van der Waals surface area contributed by atoms with Crippen molar-refractivity contribution in [3.05, 3.63) is 59.7 Å². The van der Waals surface area contributed by atoms with Gasteiger partial charge in [0.25, 0.3) is 0 Å². The van der Waals surface area contributed by atoms with Gasteiger partial charge >= 0.3 is 6.18 Å². The van der Waals surface area contributed by atoms with E-state index in [1.807, 2.05) is 12.1 Å². The molecule has 1 atom stereocenters. The molecule has 0 bridgehead atoms. The molecule has 0 aromatic heterocycles. The van der Waals surface area contributed by atoms with Crippen molar-refractivity contribution in [1.29, 1.82) is 0 Å². The first kappa shape index (κ1) is 19.2.